The number of rotatable bonds is 7. The van der Waals surface area contributed by atoms with Crippen LogP contribution in [0.1, 0.15) is 55.8 Å². The van der Waals surface area contributed by atoms with Crippen molar-refractivity contribution < 1.29 is 14.0 Å². The third-order valence-electron chi connectivity index (χ3n) is 3.59. The number of aromatic nitrogens is 2. The van der Waals surface area contributed by atoms with Gasteiger partial charge in [0.05, 0.1) is 6.26 Å². The lowest BCUT2D eigenvalue weighted by Crippen LogP contribution is -2.41. The second kappa shape index (κ2) is 7.62. The zero-order chi connectivity index (χ0) is 16.8. The molecule has 0 bridgehead atoms. The van der Waals surface area contributed by atoms with Gasteiger partial charge in [0.25, 0.3) is 5.91 Å². The molecule has 0 saturated heterocycles. The predicted octanol–water partition coefficient (Wildman–Crippen LogP) is 2.66. The number of carbonyl (C=O) groups excluding carboxylic acids is 2. The Morgan fingerprint density at radius 3 is 2.83 bits per heavy atom. The Kier molecular flexibility index (Phi) is 5.56. The highest BCUT2D eigenvalue weighted by molar-refractivity contribution is 5.99. The smallest absolute Gasteiger partial charge is 0.287 e. The average molecular weight is 318 g/mol. The van der Waals surface area contributed by atoms with Crippen molar-refractivity contribution in [3.63, 3.8) is 0 Å². The number of nitrogens with zero attached hydrogens (tertiary/aromatic N) is 1. The van der Waals surface area contributed by atoms with E-state index in [1.165, 1.54) is 12.3 Å². The molecule has 0 fully saturated rings. The van der Waals surface area contributed by atoms with E-state index in [0.29, 0.717) is 11.7 Å². The summed E-state index contributed by atoms with van der Waals surface area (Å²) in [6.07, 6.45) is 3.53. The van der Waals surface area contributed by atoms with Gasteiger partial charge in [-0.25, -0.2) is 0 Å². The topological polar surface area (TPSA) is 100 Å². The van der Waals surface area contributed by atoms with E-state index in [1.807, 2.05) is 6.07 Å². The molecule has 0 aromatic carbocycles. The monoisotopic (exact) mass is 318 g/mol. The van der Waals surface area contributed by atoms with Crippen LogP contribution in [-0.4, -0.2) is 28.1 Å². The molecule has 2 amide bonds. The molecule has 2 aromatic heterocycles. The molecular formula is C16H22N4O3. The van der Waals surface area contributed by atoms with Crippen LogP contribution < -0.4 is 10.6 Å². The normalized spacial score (nSPS) is 13.3. The summed E-state index contributed by atoms with van der Waals surface area (Å²) in [7, 11) is 0. The number of anilines is 1. The molecule has 23 heavy (non-hydrogen) atoms. The van der Waals surface area contributed by atoms with Gasteiger partial charge in [-0.1, -0.05) is 20.3 Å². The fourth-order valence-corrected chi connectivity index (χ4v) is 2.22. The number of amides is 2. The van der Waals surface area contributed by atoms with Crippen molar-refractivity contribution in [1.29, 1.82) is 0 Å². The van der Waals surface area contributed by atoms with Crippen molar-refractivity contribution in [2.24, 2.45) is 0 Å². The number of hydrogen-bond acceptors (Lipinski definition) is 4. The van der Waals surface area contributed by atoms with Crippen LogP contribution in [0.15, 0.2) is 28.9 Å². The largest absolute Gasteiger partial charge is 0.459 e. The maximum absolute atomic E-state index is 12.1. The Balaban J connectivity index is 1.89. The molecular weight excluding hydrogens is 296 g/mol. The molecule has 2 heterocycles. The van der Waals surface area contributed by atoms with E-state index in [1.54, 1.807) is 13.0 Å². The van der Waals surface area contributed by atoms with Gasteiger partial charge in [-0.15, -0.1) is 0 Å². The summed E-state index contributed by atoms with van der Waals surface area (Å²) in [6.45, 7) is 5.83. The van der Waals surface area contributed by atoms with Crippen LogP contribution in [0.2, 0.25) is 0 Å². The van der Waals surface area contributed by atoms with Crippen LogP contribution in [0.3, 0.4) is 0 Å². The van der Waals surface area contributed by atoms with Crippen LogP contribution in [0.25, 0.3) is 0 Å². The zero-order valence-electron chi connectivity index (χ0n) is 13.6. The molecule has 0 aliphatic carbocycles. The van der Waals surface area contributed by atoms with E-state index < -0.39 is 11.9 Å². The van der Waals surface area contributed by atoms with Crippen LogP contribution in [0.5, 0.6) is 0 Å². The number of furan rings is 1. The van der Waals surface area contributed by atoms with Gasteiger partial charge in [-0.3, -0.25) is 14.7 Å². The van der Waals surface area contributed by atoms with Gasteiger partial charge >= 0.3 is 0 Å². The first-order chi connectivity index (χ1) is 11.0. The van der Waals surface area contributed by atoms with Crippen LogP contribution in [0, 0.1) is 0 Å². The fourth-order valence-electron chi connectivity index (χ4n) is 2.22. The van der Waals surface area contributed by atoms with E-state index in [-0.39, 0.29) is 11.7 Å². The summed E-state index contributed by atoms with van der Waals surface area (Å²) in [5, 5.41) is 12.3. The third kappa shape index (κ3) is 4.45. The molecule has 7 nitrogen and oxygen atoms in total. The van der Waals surface area contributed by atoms with Crippen molar-refractivity contribution in [3.05, 3.63) is 35.9 Å². The van der Waals surface area contributed by atoms with Gasteiger partial charge in [-0.05, 0) is 31.4 Å². The quantitative estimate of drug-likeness (QED) is 0.730. The summed E-state index contributed by atoms with van der Waals surface area (Å²) in [4.78, 5) is 23.9. The van der Waals surface area contributed by atoms with E-state index in [4.69, 9.17) is 4.42 Å². The number of carbonyl (C=O) groups is 2. The molecule has 2 atom stereocenters. The second-order valence-electron chi connectivity index (χ2n) is 5.56. The van der Waals surface area contributed by atoms with E-state index in [9.17, 15) is 9.59 Å². The third-order valence-corrected chi connectivity index (χ3v) is 3.59. The lowest BCUT2D eigenvalue weighted by molar-refractivity contribution is -0.117. The zero-order valence-corrected chi connectivity index (χ0v) is 13.6. The lowest BCUT2D eigenvalue weighted by atomic mass is 10.0. The first-order valence-electron chi connectivity index (χ1n) is 7.71. The SMILES string of the molecule is CCC[C@H](C)c1cc(NC(=O)[C@H](C)NC(=O)c2ccco2)n[nH]1. The summed E-state index contributed by atoms with van der Waals surface area (Å²) in [5.74, 6) is 0.199. The van der Waals surface area contributed by atoms with Crippen molar-refractivity contribution in [3.8, 4) is 0 Å². The van der Waals surface area contributed by atoms with Crippen LogP contribution >= 0.6 is 0 Å². The molecule has 0 unspecified atom stereocenters. The van der Waals surface area contributed by atoms with Crippen molar-refractivity contribution in [2.75, 3.05) is 5.32 Å². The van der Waals surface area contributed by atoms with Gasteiger partial charge in [0.1, 0.15) is 6.04 Å². The maximum atomic E-state index is 12.1. The molecule has 0 aliphatic rings. The Labute approximate surface area is 134 Å². The first-order valence-corrected chi connectivity index (χ1v) is 7.71. The van der Waals surface area contributed by atoms with Gasteiger partial charge in [0.2, 0.25) is 5.91 Å². The Morgan fingerprint density at radius 1 is 1.39 bits per heavy atom. The summed E-state index contributed by atoms with van der Waals surface area (Å²) in [6, 6.07) is 4.26. The molecule has 2 aromatic rings. The lowest BCUT2D eigenvalue weighted by Gasteiger charge is -2.11. The maximum Gasteiger partial charge on any atom is 0.287 e. The highest BCUT2D eigenvalue weighted by Crippen LogP contribution is 2.20. The minimum atomic E-state index is -0.708. The van der Waals surface area contributed by atoms with Gasteiger partial charge < -0.3 is 15.1 Å². The number of hydrogen-bond donors (Lipinski definition) is 3. The average Bonchev–Trinajstić information content (AvgIpc) is 3.18. The van der Waals surface area contributed by atoms with Crippen molar-refractivity contribution in [1.82, 2.24) is 15.5 Å². The second-order valence-corrected chi connectivity index (χ2v) is 5.56. The summed E-state index contributed by atoms with van der Waals surface area (Å²) < 4.78 is 4.99. The Morgan fingerprint density at radius 2 is 2.17 bits per heavy atom. The van der Waals surface area contributed by atoms with E-state index in [0.717, 1.165) is 18.5 Å². The molecule has 2 rings (SSSR count). The van der Waals surface area contributed by atoms with Crippen LogP contribution in [-0.2, 0) is 4.79 Å². The van der Waals surface area contributed by atoms with E-state index in [2.05, 4.69) is 34.7 Å². The number of H-pyrrole nitrogens is 1. The van der Waals surface area contributed by atoms with Gasteiger partial charge in [0.15, 0.2) is 11.6 Å². The molecule has 0 saturated carbocycles. The fraction of sp³-hybridized carbons (Fsp3) is 0.438. The number of aromatic amines is 1. The summed E-state index contributed by atoms with van der Waals surface area (Å²) >= 11 is 0. The molecule has 124 valence electrons. The van der Waals surface area contributed by atoms with E-state index >= 15 is 0 Å². The van der Waals surface area contributed by atoms with Crippen molar-refractivity contribution >= 4 is 17.6 Å². The Hall–Kier alpha value is -2.57. The summed E-state index contributed by atoms with van der Waals surface area (Å²) in [5.41, 5.74) is 0.981. The number of nitrogens with one attached hydrogen (secondary N) is 3. The molecule has 7 heteroatoms. The van der Waals surface area contributed by atoms with Crippen LogP contribution in [0.4, 0.5) is 5.82 Å². The first kappa shape index (κ1) is 16.8. The standard InChI is InChI=1S/C16H22N4O3/c1-4-6-10(2)12-9-14(20-19-12)18-15(21)11(3)17-16(22)13-7-5-8-23-13/h5,7-11H,4,6H2,1-3H3,(H,17,22)(H2,18,19,20,21)/t10-,11-/m0/s1. The van der Waals surface area contributed by atoms with Crippen molar-refractivity contribution in [2.45, 2.75) is 45.6 Å². The molecule has 0 radical (unpaired) electrons. The minimum absolute atomic E-state index is 0.167. The molecule has 0 aliphatic heterocycles. The highest BCUT2D eigenvalue weighted by atomic mass is 16.3. The Bertz CT molecular complexity index is 648. The van der Waals surface area contributed by atoms with Gasteiger partial charge in [-0.2, -0.15) is 5.10 Å². The highest BCUT2D eigenvalue weighted by Gasteiger charge is 2.19. The molecule has 3 N–H and O–H groups in total. The minimum Gasteiger partial charge on any atom is -0.459 e. The molecule has 0 spiro atoms. The van der Waals surface area contributed by atoms with Gasteiger partial charge in [0, 0.05) is 11.8 Å². The predicted molar refractivity (Wildman–Crippen MR) is 86.2 cm³/mol.